The molecular weight excluding hydrogens is 244 g/mol. The molecule has 0 bridgehead atoms. The lowest BCUT2D eigenvalue weighted by Gasteiger charge is -2.07. The molecule has 0 spiro atoms. The Labute approximate surface area is 85.7 Å². The molecular formula is C6H8F4O6. The van der Waals surface area contributed by atoms with Gasteiger partial charge in [-0.15, -0.1) is 0 Å². The molecule has 0 saturated carbocycles. The summed E-state index contributed by atoms with van der Waals surface area (Å²) in [6, 6.07) is 0. The number of hydrogen-bond acceptors (Lipinski definition) is 4. The third-order valence-corrected chi connectivity index (χ3v) is 0.957. The van der Waals surface area contributed by atoms with Crippen molar-refractivity contribution in [3.05, 3.63) is 0 Å². The number of rotatable bonds is 3. The second kappa shape index (κ2) is 6.95. The van der Waals surface area contributed by atoms with Gasteiger partial charge in [-0.25, -0.2) is 14.0 Å². The first-order valence-corrected chi connectivity index (χ1v) is 3.47. The van der Waals surface area contributed by atoms with Crippen LogP contribution in [0.3, 0.4) is 0 Å². The van der Waals surface area contributed by atoms with Crippen LogP contribution in [0.25, 0.3) is 0 Å². The fourth-order valence-corrected chi connectivity index (χ4v) is 0.270. The number of aliphatic carboxylic acids is 2. The van der Waals surface area contributed by atoms with Crippen molar-refractivity contribution in [3.63, 3.8) is 0 Å². The highest BCUT2D eigenvalue weighted by Gasteiger charge is 2.29. The van der Waals surface area contributed by atoms with Gasteiger partial charge in [0, 0.05) is 0 Å². The van der Waals surface area contributed by atoms with Crippen LogP contribution in [0.15, 0.2) is 0 Å². The van der Waals surface area contributed by atoms with E-state index in [0.29, 0.717) is 0 Å². The minimum Gasteiger partial charge on any atom is -0.479 e. The topological polar surface area (TPSA) is 115 Å². The molecule has 0 aliphatic rings. The highest BCUT2D eigenvalue weighted by Crippen LogP contribution is 2.13. The summed E-state index contributed by atoms with van der Waals surface area (Å²) in [5, 5.41) is 32.5. The van der Waals surface area contributed by atoms with Gasteiger partial charge in [0.25, 0.3) is 0 Å². The maximum atomic E-state index is 10.4. The number of aliphatic hydroxyl groups excluding tert-OH is 2. The largest absolute Gasteiger partial charge is 0.479 e. The van der Waals surface area contributed by atoms with Gasteiger partial charge in [0.1, 0.15) is 0 Å². The summed E-state index contributed by atoms with van der Waals surface area (Å²) in [6.07, 6.45) is -9.16. The van der Waals surface area contributed by atoms with E-state index in [4.69, 9.17) is 20.4 Å². The van der Waals surface area contributed by atoms with Crippen molar-refractivity contribution in [2.45, 2.75) is 18.4 Å². The molecule has 0 aromatic heterocycles. The van der Waals surface area contributed by atoms with Gasteiger partial charge in [-0.1, -0.05) is 0 Å². The fraction of sp³-hybridized carbons (Fsp3) is 0.667. The molecule has 0 fully saturated rings. The number of carbonyl (C=O) groups is 2. The van der Waals surface area contributed by atoms with Gasteiger partial charge in [-0.05, 0) is 0 Å². The molecule has 0 aliphatic carbocycles. The van der Waals surface area contributed by atoms with Gasteiger partial charge in [-0.2, -0.15) is 13.2 Å². The zero-order valence-corrected chi connectivity index (χ0v) is 7.48. The third-order valence-electron chi connectivity index (χ3n) is 0.957. The van der Waals surface area contributed by atoms with E-state index in [9.17, 15) is 27.2 Å². The number of carboxylic acid groups (broad SMARTS) is 2. The zero-order valence-electron chi connectivity index (χ0n) is 7.48. The van der Waals surface area contributed by atoms with Gasteiger partial charge >= 0.3 is 18.1 Å². The quantitative estimate of drug-likeness (QED) is 0.498. The molecule has 0 heterocycles. The fourth-order valence-electron chi connectivity index (χ4n) is 0.270. The second-order valence-electron chi connectivity index (χ2n) is 2.31. The molecule has 2 unspecified atom stereocenters. The van der Waals surface area contributed by atoms with E-state index in [2.05, 4.69) is 0 Å². The van der Waals surface area contributed by atoms with Crippen LogP contribution in [0.4, 0.5) is 17.6 Å². The van der Waals surface area contributed by atoms with Crippen LogP contribution in [-0.4, -0.2) is 57.4 Å². The summed E-state index contributed by atoms with van der Waals surface area (Å²) in [6.45, 7) is -2.23. The monoisotopic (exact) mass is 252 g/mol. The summed E-state index contributed by atoms with van der Waals surface area (Å²) >= 11 is 0. The summed E-state index contributed by atoms with van der Waals surface area (Å²) in [5.41, 5.74) is 0. The average molecular weight is 252 g/mol. The van der Waals surface area contributed by atoms with E-state index in [-0.39, 0.29) is 0 Å². The first kappa shape index (κ1) is 17.0. The maximum Gasteiger partial charge on any atom is 0.416 e. The van der Waals surface area contributed by atoms with Gasteiger partial charge in [0.05, 0.1) is 0 Å². The first-order chi connectivity index (χ1) is 7.02. The summed E-state index contributed by atoms with van der Waals surface area (Å²) in [4.78, 5) is 19.5. The van der Waals surface area contributed by atoms with E-state index in [1.54, 1.807) is 0 Å². The lowest BCUT2D eigenvalue weighted by molar-refractivity contribution is -0.165. The van der Waals surface area contributed by atoms with Crippen LogP contribution in [0.2, 0.25) is 0 Å². The van der Waals surface area contributed by atoms with Crippen LogP contribution >= 0.6 is 0 Å². The highest BCUT2D eigenvalue weighted by molar-refractivity contribution is 5.83. The van der Waals surface area contributed by atoms with Crippen molar-refractivity contribution < 1.29 is 47.6 Å². The predicted molar refractivity (Wildman–Crippen MR) is 39.3 cm³/mol. The smallest absolute Gasteiger partial charge is 0.416 e. The summed E-state index contributed by atoms with van der Waals surface area (Å²) < 4.78 is 41.6. The maximum absolute atomic E-state index is 10.4. The second-order valence-corrected chi connectivity index (χ2v) is 2.31. The van der Waals surface area contributed by atoms with Crippen LogP contribution in [0.1, 0.15) is 0 Å². The normalized spacial score (nSPS) is 14.4. The molecule has 4 N–H and O–H groups in total. The number of halogens is 4. The molecule has 16 heavy (non-hydrogen) atoms. The molecule has 0 aromatic carbocycles. The van der Waals surface area contributed by atoms with Crippen LogP contribution in [-0.2, 0) is 9.59 Å². The molecule has 0 aromatic rings. The first-order valence-electron chi connectivity index (χ1n) is 3.47. The zero-order chi connectivity index (χ0) is 13.5. The van der Waals surface area contributed by atoms with E-state index >= 15 is 0 Å². The molecule has 96 valence electrons. The Morgan fingerprint density at radius 3 is 1.25 bits per heavy atom. The number of alkyl halides is 4. The van der Waals surface area contributed by atoms with Crippen molar-refractivity contribution in [2.75, 3.05) is 6.67 Å². The minimum atomic E-state index is -4.62. The van der Waals surface area contributed by atoms with Gasteiger partial charge in [0.15, 0.2) is 18.9 Å². The molecule has 0 aliphatic heterocycles. The van der Waals surface area contributed by atoms with Gasteiger partial charge < -0.3 is 20.4 Å². The van der Waals surface area contributed by atoms with E-state index in [1.165, 1.54) is 0 Å². The summed E-state index contributed by atoms with van der Waals surface area (Å²) in [5.74, 6) is -3.54. The van der Waals surface area contributed by atoms with E-state index < -0.39 is 37.0 Å². The van der Waals surface area contributed by atoms with Crippen LogP contribution in [0, 0.1) is 0 Å². The Morgan fingerprint density at radius 2 is 1.19 bits per heavy atom. The lowest BCUT2D eigenvalue weighted by atomic mass is 10.2. The molecule has 0 saturated heterocycles. The molecule has 10 heteroatoms. The number of aliphatic hydroxyl groups is 2. The Balaban J connectivity index is 0. The van der Waals surface area contributed by atoms with E-state index in [1.807, 2.05) is 0 Å². The SMILES string of the molecule is FCC(F)(F)F.O=C(O)C(O)C(O)C(=O)O. The Morgan fingerprint density at radius 1 is 1.00 bits per heavy atom. The number of carboxylic acids is 2. The Kier molecular flexibility index (Phi) is 7.38. The molecule has 0 radical (unpaired) electrons. The lowest BCUT2D eigenvalue weighted by Crippen LogP contribution is -2.39. The molecule has 2 atom stereocenters. The highest BCUT2D eigenvalue weighted by atomic mass is 19.4. The van der Waals surface area contributed by atoms with Gasteiger partial charge in [-0.3, -0.25) is 0 Å². The van der Waals surface area contributed by atoms with Crippen molar-refractivity contribution in [1.82, 2.24) is 0 Å². The van der Waals surface area contributed by atoms with Gasteiger partial charge in [0.2, 0.25) is 0 Å². The van der Waals surface area contributed by atoms with Crippen molar-refractivity contribution >= 4 is 11.9 Å². The van der Waals surface area contributed by atoms with Crippen LogP contribution in [0.5, 0.6) is 0 Å². The summed E-state index contributed by atoms with van der Waals surface area (Å²) in [7, 11) is 0. The third kappa shape index (κ3) is 9.15. The Bertz CT molecular complexity index is 222. The molecule has 0 rings (SSSR count). The van der Waals surface area contributed by atoms with Crippen molar-refractivity contribution in [1.29, 1.82) is 0 Å². The predicted octanol–water partition coefficient (Wildman–Crippen LogP) is -0.604. The standard InChI is InChI=1S/C4H6O6.C2H2F4/c5-1(3(7)8)2(6)4(9)10;3-1-2(4,5)6/h1-2,5-6H,(H,7,8)(H,9,10);1H2. The van der Waals surface area contributed by atoms with Crippen molar-refractivity contribution in [3.8, 4) is 0 Å². The van der Waals surface area contributed by atoms with Crippen molar-refractivity contribution in [2.24, 2.45) is 0 Å². The van der Waals surface area contributed by atoms with E-state index in [0.717, 1.165) is 0 Å². The Hall–Kier alpha value is -1.42. The molecule has 0 amide bonds. The minimum absolute atomic E-state index is 1.77. The number of hydrogen-bond donors (Lipinski definition) is 4. The van der Waals surface area contributed by atoms with Crippen LogP contribution < -0.4 is 0 Å². The average Bonchev–Trinajstić information content (AvgIpc) is 2.15. The molecule has 6 nitrogen and oxygen atoms in total.